The molecule has 0 aromatic heterocycles. The van der Waals surface area contributed by atoms with E-state index in [1.165, 1.54) is 13.0 Å². The molecule has 0 spiro atoms. The molecule has 0 aliphatic carbocycles. The van der Waals surface area contributed by atoms with E-state index in [1.807, 2.05) is 24.3 Å². The van der Waals surface area contributed by atoms with Crippen molar-refractivity contribution in [3.8, 4) is 11.5 Å². The molecule has 1 aliphatic rings. The normalized spacial score (nSPS) is 14.4. The van der Waals surface area contributed by atoms with E-state index in [9.17, 15) is 14.7 Å². The van der Waals surface area contributed by atoms with Crippen LogP contribution in [0.4, 0.5) is 21.9 Å². The number of hydrogen-bond acceptors (Lipinski definition) is 5. The molecular formula is C25H33N3O4. The maximum absolute atomic E-state index is 13.3. The Kier molecular flexibility index (Phi) is 7.62. The van der Waals surface area contributed by atoms with Gasteiger partial charge in [-0.1, -0.05) is 13.3 Å². The number of hydrogen-bond donors (Lipinski definition) is 2. The fourth-order valence-corrected chi connectivity index (χ4v) is 3.96. The molecule has 172 valence electrons. The number of aromatic hydroxyl groups is 1. The summed E-state index contributed by atoms with van der Waals surface area (Å²) in [6.45, 7) is 10.1. The van der Waals surface area contributed by atoms with Gasteiger partial charge in [-0.3, -0.25) is 9.69 Å². The highest BCUT2D eigenvalue weighted by Gasteiger charge is 2.34. The van der Waals surface area contributed by atoms with E-state index in [0.717, 1.165) is 31.6 Å². The molecule has 0 saturated heterocycles. The van der Waals surface area contributed by atoms with Gasteiger partial charge in [0.15, 0.2) is 23.4 Å². The van der Waals surface area contributed by atoms with E-state index in [4.69, 9.17) is 4.74 Å². The number of ketones is 1. The fraction of sp³-hybridized carbons (Fsp3) is 0.440. The molecule has 3 rings (SSSR count). The first-order valence-electron chi connectivity index (χ1n) is 11.4. The van der Waals surface area contributed by atoms with Gasteiger partial charge in [-0.05, 0) is 63.6 Å². The summed E-state index contributed by atoms with van der Waals surface area (Å²) in [4.78, 5) is 29.1. The number of carbonyl (C=O) groups excluding carboxylic acids is 2. The number of amides is 2. The van der Waals surface area contributed by atoms with Crippen molar-refractivity contribution >= 4 is 28.9 Å². The Balaban J connectivity index is 2.03. The first kappa shape index (κ1) is 23.4. The largest absolute Gasteiger partial charge is 0.504 e. The first-order chi connectivity index (χ1) is 15.4. The van der Waals surface area contributed by atoms with Crippen molar-refractivity contribution in [1.29, 1.82) is 0 Å². The lowest BCUT2D eigenvalue weighted by Gasteiger charge is -2.27. The Morgan fingerprint density at radius 3 is 2.31 bits per heavy atom. The van der Waals surface area contributed by atoms with Crippen LogP contribution >= 0.6 is 0 Å². The summed E-state index contributed by atoms with van der Waals surface area (Å²) in [6.07, 6.45) is 1.50. The van der Waals surface area contributed by atoms with E-state index < -0.39 is 6.10 Å². The lowest BCUT2D eigenvalue weighted by atomic mass is 10.0. The average Bonchev–Trinajstić information content (AvgIpc) is 3.24. The van der Waals surface area contributed by atoms with Gasteiger partial charge in [-0.25, -0.2) is 4.79 Å². The van der Waals surface area contributed by atoms with Crippen LogP contribution in [0, 0.1) is 0 Å². The molecule has 32 heavy (non-hydrogen) atoms. The van der Waals surface area contributed by atoms with Crippen LogP contribution in [0.1, 0.15) is 46.1 Å². The van der Waals surface area contributed by atoms with Gasteiger partial charge in [0, 0.05) is 37.3 Å². The molecule has 0 saturated carbocycles. The Hall–Kier alpha value is -3.22. The van der Waals surface area contributed by atoms with Gasteiger partial charge in [0.25, 0.3) is 0 Å². The summed E-state index contributed by atoms with van der Waals surface area (Å²) >= 11 is 0. The first-order valence-corrected chi connectivity index (χ1v) is 11.4. The zero-order chi connectivity index (χ0) is 23.3. The van der Waals surface area contributed by atoms with Crippen LogP contribution < -0.4 is 19.9 Å². The summed E-state index contributed by atoms with van der Waals surface area (Å²) in [5.41, 5.74) is 3.05. The van der Waals surface area contributed by atoms with E-state index in [1.54, 1.807) is 11.0 Å². The predicted octanol–water partition coefficient (Wildman–Crippen LogP) is 4.78. The number of phenols is 1. The lowest BCUT2D eigenvalue weighted by Crippen LogP contribution is -2.38. The van der Waals surface area contributed by atoms with Crippen molar-refractivity contribution in [1.82, 2.24) is 5.32 Å². The number of carbonyl (C=O) groups is 2. The van der Waals surface area contributed by atoms with Gasteiger partial charge in [0.05, 0.1) is 11.4 Å². The number of ether oxygens (including phenoxy) is 1. The number of phenolic OH excluding ortho intramolecular Hbond substituents is 1. The van der Waals surface area contributed by atoms with Gasteiger partial charge in [-0.15, -0.1) is 0 Å². The molecule has 0 fully saturated rings. The summed E-state index contributed by atoms with van der Waals surface area (Å²) in [5.74, 6) is 0.124. The fourth-order valence-electron chi connectivity index (χ4n) is 3.96. The van der Waals surface area contributed by atoms with E-state index in [0.29, 0.717) is 29.9 Å². The van der Waals surface area contributed by atoms with Crippen LogP contribution in [0.25, 0.3) is 0 Å². The third-order valence-corrected chi connectivity index (χ3v) is 5.81. The number of fused-ring (bicyclic) bond motifs is 1. The number of Topliss-reactive ketones (excluding diaryl/α,β-unsaturated/α-hetero) is 1. The highest BCUT2D eigenvalue weighted by atomic mass is 16.5. The monoisotopic (exact) mass is 439 g/mol. The average molecular weight is 440 g/mol. The SMILES string of the molecule is CCCCNC(=O)N(c1ccc(N(CC)CC)cc1)c1ccc(O)c2c1CC(C(C)=O)O2. The summed E-state index contributed by atoms with van der Waals surface area (Å²) in [5, 5.41) is 13.3. The van der Waals surface area contributed by atoms with Crippen molar-refractivity contribution in [3.63, 3.8) is 0 Å². The molecule has 2 N–H and O–H groups in total. The molecular weight excluding hydrogens is 406 g/mol. The molecule has 1 unspecified atom stereocenters. The molecule has 2 amide bonds. The molecule has 7 heteroatoms. The quantitative estimate of drug-likeness (QED) is 0.550. The summed E-state index contributed by atoms with van der Waals surface area (Å²) in [6, 6.07) is 10.8. The molecule has 2 aromatic carbocycles. The van der Waals surface area contributed by atoms with Crippen molar-refractivity contribution in [3.05, 3.63) is 42.0 Å². The molecule has 1 heterocycles. The number of nitrogens with zero attached hydrogens (tertiary/aromatic N) is 2. The zero-order valence-corrected chi connectivity index (χ0v) is 19.4. The van der Waals surface area contributed by atoms with Crippen molar-refractivity contribution < 1.29 is 19.4 Å². The van der Waals surface area contributed by atoms with Crippen LogP contribution in [0.2, 0.25) is 0 Å². The number of nitrogens with one attached hydrogen (secondary N) is 1. The van der Waals surface area contributed by atoms with Gasteiger partial charge in [0.1, 0.15) is 0 Å². The van der Waals surface area contributed by atoms with E-state index in [2.05, 4.69) is 31.0 Å². The topological polar surface area (TPSA) is 82.1 Å². The Morgan fingerprint density at radius 1 is 1.06 bits per heavy atom. The molecule has 1 atom stereocenters. The third-order valence-electron chi connectivity index (χ3n) is 5.81. The van der Waals surface area contributed by atoms with Crippen LogP contribution in [-0.4, -0.2) is 42.7 Å². The molecule has 1 aliphatic heterocycles. The minimum Gasteiger partial charge on any atom is -0.504 e. The zero-order valence-electron chi connectivity index (χ0n) is 19.4. The molecule has 2 aromatic rings. The number of benzene rings is 2. The molecule has 7 nitrogen and oxygen atoms in total. The van der Waals surface area contributed by atoms with Crippen molar-refractivity contribution in [2.24, 2.45) is 0 Å². The number of unbranched alkanes of at least 4 members (excludes halogenated alkanes) is 1. The minimum atomic E-state index is -0.660. The lowest BCUT2D eigenvalue weighted by molar-refractivity contribution is -0.122. The maximum atomic E-state index is 13.3. The van der Waals surface area contributed by atoms with E-state index >= 15 is 0 Å². The number of rotatable bonds is 9. The van der Waals surface area contributed by atoms with Gasteiger partial charge in [-0.2, -0.15) is 0 Å². The second-order valence-corrected chi connectivity index (χ2v) is 7.94. The number of anilines is 3. The van der Waals surface area contributed by atoms with Crippen LogP contribution in [-0.2, 0) is 11.2 Å². The Bertz CT molecular complexity index is 954. The van der Waals surface area contributed by atoms with E-state index in [-0.39, 0.29) is 23.3 Å². The second kappa shape index (κ2) is 10.4. The van der Waals surface area contributed by atoms with Crippen LogP contribution in [0.15, 0.2) is 36.4 Å². The van der Waals surface area contributed by atoms with Gasteiger partial charge >= 0.3 is 6.03 Å². The molecule has 0 bridgehead atoms. The molecule has 0 radical (unpaired) electrons. The van der Waals surface area contributed by atoms with Crippen LogP contribution in [0.5, 0.6) is 11.5 Å². The number of urea groups is 1. The summed E-state index contributed by atoms with van der Waals surface area (Å²) in [7, 11) is 0. The Labute approximate surface area is 190 Å². The van der Waals surface area contributed by atoms with Gasteiger partial charge in [0.2, 0.25) is 0 Å². The van der Waals surface area contributed by atoms with Crippen LogP contribution in [0.3, 0.4) is 0 Å². The van der Waals surface area contributed by atoms with Gasteiger partial charge < -0.3 is 20.1 Å². The minimum absolute atomic E-state index is 0.0317. The standard InChI is InChI=1S/C25H33N3O4/c1-5-8-15-26-25(31)28(19-11-9-18(10-12-19)27(6-2)7-3)21-13-14-22(30)24-20(21)16-23(32-24)17(4)29/h9-14,23,30H,5-8,15-16H2,1-4H3,(H,26,31). The second-order valence-electron chi connectivity index (χ2n) is 7.94. The smallest absolute Gasteiger partial charge is 0.326 e. The van der Waals surface area contributed by atoms with Crippen molar-refractivity contribution in [2.45, 2.75) is 53.1 Å². The van der Waals surface area contributed by atoms with Crippen molar-refractivity contribution in [2.75, 3.05) is 29.4 Å². The third kappa shape index (κ3) is 4.82. The predicted molar refractivity (Wildman–Crippen MR) is 127 cm³/mol. The maximum Gasteiger partial charge on any atom is 0.326 e. The Morgan fingerprint density at radius 2 is 1.72 bits per heavy atom. The highest BCUT2D eigenvalue weighted by Crippen LogP contribution is 2.45. The summed E-state index contributed by atoms with van der Waals surface area (Å²) < 4.78 is 5.72. The highest BCUT2D eigenvalue weighted by molar-refractivity contribution is 6.01.